The van der Waals surface area contributed by atoms with Crippen LogP contribution in [0.2, 0.25) is 10.0 Å². The first kappa shape index (κ1) is 32.3. The molecule has 226 valence electrons. The Bertz CT molecular complexity index is 1690. The standard InChI is InChI=1S/C31H27Cl2N5O5S/c1-3-41-30(40)27-18(2)36-31(44)37-28(27)23-10-6-7-11-25(23)42-17-26(39)38-35-15-21-12-22(32)13-24(33)29(21)43-16-20-9-5-4-8-19(20)14-34/h4-13,15,28H,3,16-17H2,1-2H3,(H,38,39)(H2,36,37,44)/t28-/m0/s1. The third kappa shape index (κ3) is 8.05. The Kier molecular flexibility index (Phi) is 11.2. The second-order valence-corrected chi connectivity index (χ2v) is 10.5. The fourth-order valence-corrected chi connectivity index (χ4v) is 5.17. The number of hydrogen-bond acceptors (Lipinski definition) is 8. The minimum atomic E-state index is -0.661. The molecule has 1 atom stereocenters. The van der Waals surface area contributed by atoms with Crippen LogP contribution in [0.5, 0.6) is 11.5 Å². The van der Waals surface area contributed by atoms with Crippen LogP contribution in [0.1, 0.15) is 42.1 Å². The Hall–Kier alpha value is -4.63. The summed E-state index contributed by atoms with van der Waals surface area (Å²) in [4.78, 5) is 25.4. The van der Waals surface area contributed by atoms with Gasteiger partial charge in [0.25, 0.3) is 5.91 Å². The SMILES string of the molecule is CCOC(=O)C1=C(C)NC(=S)N[C@H]1c1ccccc1OCC(=O)NN=Cc1cc(Cl)cc(Cl)c1OCc1ccccc1C#N. The van der Waals surface area contributed by atoms with Crippen LogP contribution < -0.4 is 25.5 Å². The summed E-state index contributed by atoms with van der Waals surface area (Å²) in [7, 11) is 0. The Balaban J connectivity index is 1.45. The minimum absolute atomic E-state index is 0.0781. The summed E-state index contributed by atoms with van der Waals surface area (Å²) in [5, 5.41) is 20.3. The fourth-order valence-electron chi connectivity index (χ4n) is 4.34. The molecule has 0 saturated carbocycles. The number of para-hydroxylation sites is 1. The van der Waals surface area contributed by atoms with Gasteiger partial charge in [-0.15, -0.1) is 0 Å². The van der Waals surface area contributed by atoms with Gasteiger partial charge in [-0.1, -0.05) is 59.6 Å². The lowest BCUT2D eigenvalue weighted by molar-refractivity contribution is -0.139. The highest BCUT2D eigenvalue weighted by Gasteiger charge is 2.32. The molecular formula is C31H27Cl2N5O5S. The zero-order valence-corrected chi connectivity index (χ0v) is 26.0. The number of esters is 1. The molecule has 44 heavy (non-hydrogen) atoms. The van der Waals surface area contributed by atoms with Gasteiger partial charge in [-0.05, 0) is 50.3 Å². The first-order valence-corrected chi connectivity index (χ1v) is 14.5. The highest BCUT2D eigenvalue weighted by atomic mass is 35.5. The second kappa shape index (κ2) is 15.2. The number of hydrogen-bond donors (Lipinski definition) is 3. The second-order valence-electron chi connectivity index (χ2n) is 9.27. The van der Waals surface area contributed by atoms with Gasteiger partial charge < -0.3 is 24.8 Å². The van der Waals surface area contributed by atoms with Crippen LogP contribution in [0.15, 0.2) is 77.0 Å². The number of allylic oxidation sites excluding steroid dienone is 1. The Morgan fingerprint density at radius 3 is 2.66 bits per heavy atom. The molecule has 3 N–H and O–H groups in total. The Morgan fingerprint density at radius 2 is 1.89 bits per heavy atom. The molecule has 0 saturated heterocycles. The number of nitriles is 1. The third-order valence-corrected chi connectivity index (χ3v) is 7.01. The minimum Gasteiger partial charge on any atom is -0.487 e. The summed E-state index contributed by atoms with van der Waals surface area (Å²) < 4.78 is 17.0. The van der Waals surface area contributed by atoms with Gasteiger partial charge in [-0.25, -0.2) is 10.2 Å². The first-order chi connectivity index (χ1) is 21.2. The molecular weight excluding hydrogens is 625 g/mol. The van der Waals surface area contributed by atoms with Crippen molar-refractivity contribution in [3.63, 3.8) is 0 Å². The molecule has 3 aromatic rings. The van der Waals surface area contributed by atoms with Crippen molar-refractivity contribution in [1.82, 2.24) is 16.1 Å². The maximum Gasteiger partial charge on any atom is 0.338 e. The van der Waals surface area contributed by atoms with E-state index >= 15 is 0 Å². The van der Waals surface area contributed by atoms with Gasteiger partial charge in [-0.2, -0.15) is 10.4 Å². The van der Waals surface area contributed by atoms with Crippen molar-refractivity contribution in [3.05, 3.63) is 104 Å². The number of nitrogens with one attached hydrogen (secondary N) is 3. The number of halogens is 2. The molecule has 3 aromatic carbocycles. The van der Waals surface area contributed by atoms with Crippen LogP contribution in [-0.4, -0.2) is 36.4 Å². The molecule has 10 nitrogen and oxygen atoms in total. The summed E-state index contributed by atoms with van der Waals surface area (Å²) in [5.74, 6) is -0.419. The molecule has 0 aliphatic carbocycles. The van der Waals surface area contributed by atoms with E-state index in [-0.39, 0.29) is 30.6 Å². The molecule has 0 bridgehead atoms. The van der Waals surface area contributed by atoms with E-state index < -0.39 is 17.9 Å². The van der Waals surface area contributed by atoms with Crippen LogP contribution >= 0.6 is 35.4 Å². The van der Waals surface area contributed by atoms with Crippen molar-refractivity contribution >= 4 is 58.6 Å². The first-order valence-electron chi connectivity index (χ1n) is 13.3. The lowest BCUT2D eigenvalue weighted by atomic mass is 9.95. The van der Waals surface area contributed by atoms with Crippen LogP contribution in [0.4, 0.5) is 0 Å². The monoisotopic (exact) mass is 651 g/mol. The highest BCUT2D eigenvalue weighted by molar-refractivity contribution is 7.80. The molecule has 1 amide bonds. The summed E-state index contributed by atoms with van der Waals surface area (Å²) in [6.45, 7) is 3.35. The van der Waals surface area contributed by atoms with E-state index in [0.29, 0.717) is 49.4 Å². The quantitative estimate of drug-likeness (QED) is 0.109. The number of amides is 1. The molecule has 0 spiro atoms. The van der Waals surface area contributed by atoms with E-state index in [0.717, 1.165) is 0 Å². The molecule has 1 aliphatic rings. The van der Waals surface area contributed by atoms with E-state index in [1.807, 2.05) is 0 Å². The van der Waals surface area contributed by atoms with Gasteiger partial charge in [-0.3, -0.25) is 4.79 Å². The van der Waals surface area contributed by atoms with E-state index in [4.69, 9.17) is 49.6 Å². The van der Waals surface area contributed by atoms with Crippen LogP contribution in [0.25, 0.3) is 0 Å². The molecule has 13 heteroatoms. The zero-order chi connectivity index (χ0) is 31.6. The third-order valence-electron chi connectivity index (χ3n) is 6.29. The van der Waals surface area contributed by atoms with Gasteiger partial charge in [0, 0.05) is 27.4 Å². The Labute approximate surface area is 269 Å². The van der Waals surface area contributed by atoms with E-state index in [1.165, 1.54) is 12.3 Å². The zero-order valence-electron chi connectivity index (χ0n) is 23.6. The number of rotatable bonds is 11. The number of benzene rings is 3. The number of carbonyl (C=O) groups is 2. The number of ether oxygens (including phenoxy) is 3. The van der Waals surface area contributed by atoms with Crippen molar-refractivity contribution in [2.45, 2.75) is 26.5 Å². The summed E-state index contributed by atoms with van der Waals surface area (Å²) in [6.07, 6.45) is 1.34. The predicted octanol–water partition coefficient (Wildman–Crippen LogP) is 5.33. The summed E-state index contributed by atoms with van der Waals surface area (Å²) in [6, 6.07) is 18.6. The number of carbonyl (C=O) groups excluding carboxylic acids is 2. The predicted molar refractivity (Wildman–Crippen MR) is 171 cm³/mol. The molecule has 0 radical (unpaired) electrons. The lowest BCUT2D eigenvalue weighted by Gasteiger charge is -2.30. The fraction of sp³-hybridized carbons (Fsp3) is 0.194. The van der Waals surface area contributed by atoms with Gasteiger partial charge in [0.05, 0.1) is 41.1 Å². The van der Waals surface area contributed by atoms with Gasteiger partial charge in [0.2, 0.25) is 0 Å². The lowest BCUT2D eigenvalue weighted by Crippen LogP contribution is -2.45. The number of nitrogens with zero attached hydrogens (tertiary/aromatic N) is 2. The maximum atomic E-state index is 12.8. The average molecular weight is 653 g/mol. The molecule has 1 aliphatic heterocycles. The van der Waals surface area contributed by atoms with E-state index in [2.05, 4.69) is 27.2 Å². The van der Waals surface area contributed by atoms with Crippen molar-refractivity contribution in [3.8, 4) is 17.6 Å². The van der Waals surface area contributed by atoms with Gasteiger partial charge >= 0.3 is 5.97 Å². The molecule has 0 unspecified atom stereocenters. The van der Waals surface area contributed by atoms with Crippen LogP contribution in [0.3, 0.4) is 0 Å². The highest BCUT2D eigenvalue weighted by Crippen LogP contribution is 2.34. The smallest absolute Gasteiger partial charge is 0.338 e. The maximum absolute atomic E-state index is 12.8. The number of thiocarbonyl (C=S) groups is 1. The normalized spacial score (nSPS) is 14.3. The van der Waals surface area contributed by atoms with Crippen molar-refractivity contribution in [2.24, 2.45) is 5.10 Å². The Morgan fingerprint density at radius 1 is 1.14 bits per heavy atom. The average Bonchev–Trinajstić information content (AvgIpc) is 2.99. The van der Waals surface area contributed by atoms with Crippen molar-refractivity contribution in [2.75, 3.05) is 13.2 Å². The topological polar surface area (TPSA) is 134 Å². The molecule has 1 heterocycles. The summed E-state index contributed by atoms with van der Waals surface area (Å²) >= 11 is 17.9. The molecule has 0 fully saturated rings. The van der Waals surface area contributed by atoms with E-state index in [1.54, 1.807) is 68.4 Å². The van der Waals surface area contributed by atoms with Crippen LogP contribution in [0, 0.1) is 11.3 Å². The van der Waals surface area contributed by atoms with E-state index in [9.17, 15) is 14.9 Å². The van der Waals surface area contributed by atoms with Crippen molar-refractivity contribution < 1.29 is 23.8 Å². The van der Waals surface area contributed by atoms with Crippen LogP contribution in [-0.2, 0) is 20.9 Å². The van der Waals surface area contributed by atoms with Gasteiger partial charge in [0.1, 0.15) is 18.1 Å². The number of hydrazone groups is 1. The largest absolute Gasteiger partial charge is 0.487 e. The summed E-state index contributed by atoms with van der Waals surface area (Å²) in [5.41, 5.74) is 5.45. The molecule has 4 rings (SSSR count). The van der Waals surface area contributed by atoms with Crippen molar-refractivity contribution in [1.29, 1.82) is 5.26 Å². The molecule has 0 aromatic heterocycles. The van der Waals surface area contributed by atoms with Gasteiger partial charge in [0.15, 0.2) is 11.7 Å².